The molecular weight excluding hydrogens is 484 g/mol. The molecule has 1 saturated heterocycles. The first kappa shape index (κ1) is 28.0. The lowest BCUT2D eigenvalue weighted by Crippen LogP contribution is -2.60. The summed E-state index contributed by atoms with van der Waals surface area (Å²) in [7, 11) is -7.06. The number of nitrogens with zero attached hydrogens (tertiary/aromatic N) is 1. The van der Waals surface area contributed by atoms with Crippen LogP contribution in [0.15, 0.2) is 0 Å². The fraction of sp³-hybridized carbons (Fsp3) is 1.00. The molecule has 5 atom stereocenters. The van der Waals surface area contributed by atoms with E-state index in [0.29, 0.717) is 56.1 Å². The van der Waals surface area contributed by atoms with Crippen molar-refractivity contribution in [2.45, 2.75) is 94.8 Å². The minimum atomic E-state index is -3.53. The van der Waals surface area contributed by atoms with Crippen LogP contribution in [0, 0.1) is 29.6 Å². The fourth-order valence-corrected chi connectivity index (χ4v) is 11.4. The monoisotopic (exact) mass is 534 g/mol. The van der Waals surface area contributed by atoms with Crippen molar-refractivity contribution in [3.63, 3.8) is 0 Å². The van der Waals surface area contributed by atoms with E-state index in [0.717, 1.165) is 38.9 Å². The van der Waals surface area contributed by atoms with Gasteiger partial charge in [-0.3, -0.25) is 9.35 Å². The summed E-state index contributed by atoms with van der Waals surface area (Å²) in [5, 5.41) is 5.44. The molecule has 2 N–H and O–H groups in total. The van der Waals surface area contributed by atoms with E-state index in [4.69, 9.17) is 14.6 Å². The van der Waals surface area contributed by atoms with Crippen LogP contribution in [-0.2, 0) is 28.7 Å². The van der Waals surface area contributed by atoms with Crippen molar-refractivity contribution in [2.24, 2.45) is 34.7 Å². The van der Waals surface area contributed by atoms with Gasteiger partial charge in [0.05, 0.1) is 36.4 Å². The Morgan fingerprint density at radius 1 is 1.06 bits per heavy atom. The molecule has 3 aliphatic carbocycles. The molecule has 4 rings (SSSR count). The largest absolute Gasteiger partial charge is 0.381 e. The molecule has 5 unspecified atom stereocenters. The van der Waals surface area contributed by atoms with Gasteiger partial charge >= 0.3 is 0 Å². The normalized spacial score (nSPS) is 39.4. The first-order valence-electron chi connectivity index (χ1n) is 13.9. The highest BCUT2D eigenvalue weighted by Gasteiger charge is 2.55. The highest BCUT2D eigenvalue weighted by molar-refractivity contribution is 8.17. The van der Waals surface area contributed by atoms with Crippen LogP contribution in [0.5, 0.6) is 0 Å². The van der Waals surface area contributed by atoms with Crippen LogP contribution in [0.2, 0.25) is 0 Å². The maximum absolute atomic E-state index is 14.1. The Morgan fingerprint density at radius 2 is 1.69 bits per heavy atom. The highest BCUT2D eigenvalue weighted by atomic mass is 32.3. The van der Waals surface area contributed by atoms with E-state index >= 15 is 0 Å². The van der Waals surface area contributed by atoms with Gasteiger partial charge in [0.25, 0.3) is 0 Å². The van der Waals surface area contributed by atoms with E-state index in [9.17, 15) is 12.6 Å². The van der Waals surface area contributed by atoms with Gasteiger partial charge in [0.1, 0.15) is 0 Å². The average Bonchev–Trinajstić information content (AvgIpc) is 3.20. The minimum Gasteiger partial charge on any atom is -0.381 e. The molecular formula is C26H50N2O5S2. The second-order valence-corrected chi connectivity index (χ2v) is 19.8. The summed E-state index contributed by atoms with van der Waals surface area (Å²) in [6.07, 6.45) is 9.71. The topological polar surface area (TPSA) is 98.9 Å². The van der Waals surface area contributed by atoms with Gasteiger partial charge in [-0.2, -0.15) is 4.31 Å². The quantitative estimate of drug-likeness (QED) is 0.463. The number of sulfonamides is 1. The van der Waals surface area contributed by atoms with Gasteiger partial charge < -0.3 is 9.47 Å². The summed E-state index contributed by atoms with van der Waals surface area (Å²) < 4.78 is 55.6. The van der Waals surface area contributed by atoms with Gasteiger partial charge in [-0.05, 0) is 74.5 Å². The van der Waals surface area contributed by atoms with Crippen molar-refractivity contribution >= 4 is 19.3 Å². The van der Waals surface area contributed by atoms with Crippen molar-refractivity contribution in [1.29, 1.82) is 0 Å². The van der Waals surface area contributed by atoms with Crippen LogP contribution in [0.25, 0.3) is 0 Å². The molecule has 206 valence electrons. The van der Waals surface area contributed by atoms with E-state index in [1.54, 1.807) is 12.5 Å². The van der Waals surface area contributed by atoms with Gasteiger partial charge in [0, 0.05) is 25.1 Å². The molecule has 35 heavy (non-hydrogen) atoms. The fourth-order valence-electron chi connectivity index (χ4n) is 6.96. The summed E-state index contributed by atoms with van der Waals surface area (Å²) >= 11 is 0. The second kappa shape index (κ2) is 10.3. The third kappa shape index (κ3) is 6.33. The molecule has 4 fully saturated rings. The molecule has 3 saturated carbocycles. The third-order valence-electron chi connectivity index (χ3n) is 9.31. The number of rotatable bonds is 10. The molecule has 0 radical (unpaired) electrons. The SMILES string of the molecule is CCC1CCC(N(CC(C)C)S(=O)(=O)C2CCC(OCC3C4COCC43)C(S(C)(C)(N)=O)C2)CC1. The van der Waals surface area contributed by atoms with Gasteiger partial charge in [-0.15, -0.1) is 0 Å². The van der Waals surface area contributed by atoms with E-state index in [2.05, 4.69) is 20.8 Å². The van der Waals surface area contributed by atoms with E-state index in [1.165, 1.54) is 6.42 Å². The molecule has 0 spiro atoms. The van der Waals surface area contributed by atoms with Crippen LogP contribution in [0.3, 0.4) is 0 Å². The van der Waals surface area contributed by atoms with Crippen LogP contribution < -0.4 is 5.14 Å². The zero-order valence-corrected chi connectivity index (χ0v) is 24.2. The van der Waals surface area contributed by atoms with E-state index in [-0.39, 0.29) is 18.1 Å². The average molecular weight is 535 g/mol. The Morgan fingerprint density at radius 3 is 2.23 bits per heavy atom. The maximum Gasteiger partial charge on any atom is 0.217 e. The first-order valence-corrected chi connectivity index (χ1v) is 18.3. The molecule has 4 aliphatic rings. The lowest BCUT2D eigenvalue weighted by Gasteiger charge is -2.48. The number of ether oxygens (including phenoxy) is 2. The summed E-state index contributed by atoms with van der Waals surface area (Å²) in [6.45, 7) is 9.24. The predicted octanol–water partition coefficient (Wildman–Crippen LogP) is 3.40. The molecule has 0 bridgehead atoms. The molecule has 9 heteroatoms. The zero-order chi connectivity index (χ0) is 25.6. The van der Waals surface area contributed by atoms with Crippen molar-refractivity contribution < 1.29 is 22.1 Å². The molecule has 0 aromatic rings. The molecule has 1 aliphatic heterocycles. The third-order valence-corrected chi connectivity index (χ3v) is 14.0. The Hall–Kier alpha value is -0.0600. The molecule has 0 aromatic carbocycles. The van der Waals surface area contributed by atoms with Crippen LogP contribution in [0.4, 0.5) is 0 Å². The van der Waals surface area contributed by atoms with Crippen molar-refractivity contribution in [1.82, 2.24) is 4.31 Å². The van der Waals surface area contributed by atoms with Crippen LogP contribution in [0.1, 0.15) is 72.1 Å². The number of nitrogens with two attached hydrogens (primary N) is 1. The number of fused-ring (bicyclic) bond motifs is 1. The summed E-state index contributed by atoms with van der Waals surface area (Å²) in [5.41, 5.74) is 0. The minimum absolute atomic E-state index is 0.0794. The Balaban J connectivity index is 1.47. The molecule has 1 heterocycles. The van der Waals surface area contributed by atoms with Crippen LogP contribution in [-0.4, -0.2) is 78.5 Å². The van der Waals surface area contributed by atoms with Crippen molar-refractivity contribution in [3.05, 3.63) is 0 Å². The Bertz CT molecular complexity index is 888. The smallest absolute Gasteiger partial charge is 0.217 e. The summed E-state index contributed by atoms with van der Waals surface area (Å²) in [5.74, 6) is 2.69. The predicted molar refractivity (Wildman–Crippen MR) is 143 cm³/mol. The summed E-state index contributed by atoms with van der Waals surface area (Å²) in [4.78, 5) is 0. The lowest BCUT2D eigenvalue weighted by atomic mass is 9.84. The number of hydrogen-bond acceptors (Lipinski definition) is 5. The molecule has 7 nitrogen and oxygen atoms in total. The zero-order valence-electron chi connectivity index (χ0n) is 22.6. The maximum atomic E-state index is 14.1. The van der Waals surface area contributed by atoms with Gasteiger partial charge in [-0.1, -0.05) is 36.4 Å². The van der Waals surface area contributed by atoms with E-state index < -0.39 is 29.8 Å². The van der Waals surface area contributed by atoms with E-state index in [1.807, 2.05) is 4.31 Å². The molecule has 0 amide bonds. The van der Waals surface area contributed by atoms with Crippen molar-refractivity contribution in [2.75, 3.05) is 38.9 Å². The standard InChI is InChI=1S/C26H50N2O5S2/c1-6-19-7-9-20(10-8-19)28(14-18(2)3)34(29,30)21-11-12-25(26(13-21)35(4,5,27)31)33-17-24-22-15-32-16-23(22)24/h18-26H,6-17H2,1-5H3,(H2,27,31). The van der Waals surface area contributed by atoms with Gasteiger partial charge in [0.15, 0.2) is 0 Å². The highest BCUT2D eigenvalue weighted by Crippen LogP contribution is 2.51. The second-order valence-electron chi connectivity index (χ2n) is 13.0. The van der Waals surface area contributed by atoms with Gasteiger partial charge in [-0.25, -0.2) is 8.42 Å². The first-order chi connectivity index (χ1) is 16.3. The van der Waals surface area contributed by atoms with Gasteiger partial charge in [0.2, 0.25) is 10.0 Å². The Labute approximate surface area is 213 Å². The molecule has 0 aromatic heterocycles. The van der Waals surface area contributed by atoms with Crippen LogP contribution >= 0.6 is 0 Å². The summed E-state index contributed by atoms with van der Waals surface area (Å²) in [6, 6.07) is 0.0794. The number of hydrogen-bond donors (Lipinski definition) is 1. The lowest BCUT2D eigenvalue weighted by molar-refractivity contribution is 0.0129. The Kier molecular flexibility index (Phi) is 8.19. The van der Waals surface area contributed by atoms with Crippen molar-refractivity contribution in [3.8, 4) is 0 Å².